The quantitative estimate of drug-likeness (QED) is 0.637. The number of benzene rings is 1. The van der Waals surface area contributed by atoms with Crippen molar-refractivity contribution in [2.45, 2.75) is 6.61 Å². The minimum Gasteiger partial charge on any atom is -0.443 e. The zero-order valence-corrected chi connectivity index (χ0v) is 17.9. The summed E-state index contributed by atoms with van der Waals surface area (Å²) in [5.74, 6) is -2.53. The van der Waals surface area contributed by atoms with E-state index in [1.54, 1.807) is 28.8 Å². The lowest BCUT2D eigenvalue weighted by atomic mass is 10.1. The molecule has 0 spiro atoms. The van der Waals surface area contributed by atoms with Crippen LogP contribution in [-0.2, 0) is 16.1 Å². The van der Waals surface area contributed by atoms with Crippen molar-refractivity contribution < 1.29 is 27.8 Å². The van der Waals surface area contributed by atoms with E-state index in [2.05, 4.69) is 16.9 Å². The Morgan fingerprint density at radius 2 is 1.94 bits per heavy atom. The number of morpholine rings is 1. The van der Waals surface area contributed by atoms with Gasteiger partial charge in [-0.3, -0.25) is 9.20 Å². The number of imidazole rings is 1. The number of carbonyl (C=O) groups excluding carboxylic acids is 2. The number of amides is 2. The van der Waals surface area contributed by atoms with Crippen LogP contribution in [0.5, 0.6) is 0 Å². The zero-order chi connectivity index (χ0) is 23.5. The van der Waals surface area contributed by atoms with Gasteiger partial charge in [-0.25, -0.2) is 18.6 Å². The van der Waals surface area contributed by atoms with E-state index >= 15 is 8.78 Å². The fourth-order valence-electron chi connectivity index (χ4n) is 3.62. The Labute approximate surface area is 188 Å². The first kappa shape index (κ1) is 22.4. The summed E-state index contributed by atoms with van der Waals surface area (Å²) in [4.78, 5) is 30.2. The van der Waals surface area contributed by atoms with Crippen LogP contribution >= 0.6 is 0 Å². The van der Waals surface area contributed by atoms with E-state index in [1.165, 1.54) is 11.9 Å². The molecule has 1 aromatic carbocycles. The molecule has 2 amide bonds. The average molecular weight is 456 g/mol. The first-order valence-electron chi connectivity index (χ1n) is 10.3. The molecule has 1 aliphatic heterocycles. The number of ether oxygens (including phenoxy) is 2. The second kappa shape index (κ2) is 9.37. The van der Waals surface area contributed by atoms with Crippen LogP contribution in [0.2, 0.25) is 0 Å². The SMILES string of the molecule is C=Cc1ccn2c(COC(=O)N3CCOCC3)c(-c3c(F)cc(C(=O)NC)cc3F)nc2c1. The Morgan fingerprint density at radius 3 is 2.58 bits per heavy atom. The summed E-state index contributed by atoms with van der Waals surface area (Å²) in [5.41, 5.74) is 0.844. The smallest absolute Gasteiger partial charge is 0.410 e. The molecule has 172 valence electrons. The van der Waals surface area contributed by atoms with Crippen LogP contribution in [-0.4, -0.2) is 59.6 Å². The van der Waals surface area contributed by atoms with Gasteiger partial charge < -0.3 is 19.7 Å². The van der Waals surface area contributed by atoms with Crippen molar-refractivity contribution in [3.63, 3.8) is 0 Å². The minimum absolute atomic E-state index is 0.0237. The molecule has 1 fully saturated rings. The van der Waals surface area contributed by atoms with Gasteiger partial charge in [-0.05, 0) is 29.8 Å². The Kier molecular flexibility index (Phi) is 6.36. The molecule has 4 rings (SSSR count). The van der Waals surface area contributed by atoms with Gasteiger partial charge in [-0.15, -0.1) is 0 Å². The van der Waals surface area contributed by atoms with Gasteiger partial charge in [0.2, 0.25) is 0 Å². The van der Waals surface area contributed by atoms with Crippen LogP contribution in [0, 0.1) is 11.6 Å². The Bertz CT molecular complexity index is 1210. The van der Waals surface area contributed by atoms with Crippen LogP contribution in [0.4, 0.5) is 13.6 Å². The predicted octanol–water partition coefficient (Wildman–Crippen LogP) is 3.25. The number of hydrogen-bond acceptors (Lipinski definition) is 5. The maximum absolute atomic E-state index is 15.0. The fourth-order valence-corrected chi connectivity index (χ4v) is 3.62. The van der Waals surface area contributed by atoms with E-state index in [-0.39, 0.29) is 23.6 Å². The third-order valence-corrected chi connectivity index (χ3v) is 5.35. The number of halogens is 2. The molecular weight excluding hydrogens is 434 g/mol. The number of nitrogens with one attached hydrogen (secondary N) is 1. The summed E-state index contributed by atoms with van der Waals surface area (Å²) in [7, 11) is 1.37. The molecule has 8 nitrogen and oxygen atoms in total. The lowest BCUT2D eigenvalue weighted by Crippen LogP contribution is -2.40. The first-order chi connectivity index (χ1) is 15.9. The normalized spacial score (nSPS) is 13.7. The van der Waals surface area contributed by atoms with Crippen molar-refractivity contribution in [1.29, 1.82) is 0 Å². The summed E-state index contributed by atoms with van der Waals surface area (Å²) in [6.07, 6.45) is 2.72. The molecule has 0 aliphatic carbocycles. The maximum Gasteiger partial charge on any atom is 0.410 e. The fraction of sp³-hybridized carbons (Fsp3) is 0.261. The topological polar surface area (TPSA) is 85.2 Å². The average Bonchev–Trinajstić information content (AvgIpc) is 3.18. The molecule has 10 heteroatoms. The molecule has 0 saturated carbocycles. The van der Waals surface area contributed by atoms with E-state index in [9.17, 15) is 9.59 Å². The van der Waals surface area contributed by atoms with Crippen LogP contribution < -0.4 is 5.32 Å². The van der Waals surface area contributed by atoms with Crippen LogP contribution in [0.3, 0.4) is 0 Å². The van der Waals surface area contributed by atoms with Crippen molar-refractivity contribution in [3.05, 3.63) is 65.5 Å². The maximum atomic E-state index is 15.0. The van der Waals surface area contributed by atoms with E-state index in [0.29, 0.717) is 32.0 Å². The summed E-state index contributed by atoms with van der Waals surface area (Å²) in [6, 6.07) is 5.33. The standard InChI is InChI=1S/C23H22F2N4O4/c1-3-14-4-5-29-18(13-33-23(31)28-6-8-32-9-7-28)21(27-19(29)10-14)20-16(24)11-15(12-17(20)25)22(30)26-2/h3-5,10-12H,1,6-9,13H2,2H3,(H,26,30). The molecule has 0 radical (unpaired) electrons. The predicted molar refractivity (Wildman–Crippen MR) is 117 cm³/mol. The second-order valence-corrected chi connectivity index (χ2v) is 7.35. The molecule has 33 heavy (non-hydrogen) atoms. The van der Waals surface area contributed by atoms with E-state index in [4.69, 9.17) is 9.47 Å². The van der Waals surface area contributed by atoms with Gasteiger partial charge in [-0.2, -0.15) is 0 Å². The van der Waals surface area contributed by atoms with Gasteiger partial charge in [0.1, 0.15) is 29.6 Å². The Morgan fingerprint density at radius 1 is 1.24 bits per heavy atom. The van der Waals surface area contributed by atoms with Crippen molar-refractivity contribution in [1.82, 2.24) is 19.6 Å². The minimum atomic E-state index is -0.957. The van der Waals surface area contributed by atoms with Crippen LogP contribution in [0.15, 0.2) is 37.0 Å². The van der Waals surface area contributed by atoms with Crippen molar-refractivity contribution in [2.24, 2.45) is 0 Å². The van der Waals surface area contributed by atoms with Gasteiger partial charge in [0.25, 0.3) is 5.91 Å². The van der Waals surface area contributed by atoms with Crippen LogP contribution in [0.25, 0.3) is 23.0 Å². The largest absolute Gasteiger partial charge is 0.443 e. The van der Waals surface area contributed by atoms with Gasteiger partial charge >= 0.3 is 6.09 Å². The number of carbonyl (C=O) groups is 2. The van der Waals surface area contributed by atoms with Gasteiger partial charge in [0, 0.05) is 31.9 Å². The highest BCUT2D eigenvalue weighted by Crippen LogP contribution is 2.31. The van der Waals surface area contributed by atoms with Gasteiger partial charge in [0.15, 0.2) is 0 Å². The monoisotopic (exact) mass is 456 g/mol. The third kappa shape index (κ3) is 4.42. The molecular formula is C23H22F2N4O4. The third-order valence-electron chi connectivity index (χ3n) is 5.35. The van der Waals surface area contributed by atoms with E-state index in [1.807, 2.05) is 0 Å². The highest BCUT2D eigenvalue weighted by atomic mass is 19.1. The number of hydrogen-bond donors (Lipinski definition) is 1. The summed E-state index contributed by atoms with van der Waals surface area (Å²) >= 11 is 0. The lowest BCUT2D eigenvalue weighted by molar-refractivity contribution is 0.0246. The summed E-state index contributed by atoms with van der Waals surface area (Å²) < 4.78 is 42.3. The molecule has 3 heterocycles. The van der Waals surface area contributed by atoms with Crippen molar-refractivity contribution >= 4 is 23.7 Å². The highest BCUT2D eigenvalue weighted by molar-refractivity contribution is 5.94. The van der Waals surface area contributed by atoms with Crippen LogP contribution in [0.1, 0.15) is 21.6 Å². The number of aromatic nitrogens is 2. The van der Waals surface area contributed by atoms with E-state index in [0.717, 1.165) is 17.7 Å². The molecule has 0 atom stereocenters. The number of fused-ring (bicyclic) bond motifs is 1. The number of pyridine rings is 1. The molecule has 0 unspecified atom stereocenters. The molecule has 1 saturated heterocycles. The number of nitrogens with zero attached hydrogens (tertiary/aromatic N) is 3. The molecule has 3 aromatic rings. The first-order valence-corrected chi connectivity index (χ1v) is 10.3. The molecule has 1 aliphatic rings. The summed E-state index contributed by atoms with van der Waals surface area (Å²) in [6.45, 7) is 5.06. The molecule has 0 bridgehead atoms. The van der Waals surface area contributed by atoms with Gasteiger partial charge in [-0.1, -0.05) is 12.7 Å². The lowest BCUT2D eigenvalue weighted by Gasteiger charge is -2.26. The number of rotatable bonds is 5. The summed E-state index contributed by atoms with van der Waals surface area (Å²) in [5, 5.41) is 2.33. The molecule has 2 aromatic heterocycles. The van der Waals surface area contributed by atoms with E-state index < -0.39 is 29.2 Å². The highest BCUT2D eigenvalue weighted by Gasteiger charge is 2.25. The van der Waals surface area contributed by atoms with Gasteiger partial charge in [0.05, 0.1) is 24.5 Å². The second-order valence-electron chi connectivity index (χ2n) is 7.35. The zero-order valence-electron chi connectivity index (χ0n) is 17.9. The Hall–Kier alpha value is -3.79. The Balaban J connectivity index is 1.76. The van der Waals surface area contributed by atoms with Crippen molar-refractivity contribution in [3.8, 4) is 11.3 Å². The molecule has 1 N–H and O–H groups in total. The van der Waals surface area contributed by atoms with Crippen molar-refractivity contribution in [2.75, 3.05) is 33.4 Å².